The summed E-state index contributed by atoms with van der Waals surface area (Å²) in [4.78, 5) is 15.6. The molecule has 2 saturated carbocycles. The fourth-order valence-electron chi connectivity index (χ4n) is 5.53. The van der Waals surface area contributed by atoms with Gasteiger partial charge in [0.25, 0.3) is 5.91 Å². The average Bonchev–Trinajstić information content (AvgIpc) is 2.94. The van der Waals surface area contributed by atoms with Crippen molar-refractivity contribution in [2.24, 2.45) is 17.2 Å². The highest BCUT2D eigenvalue weighted by atomic mass is 19.3. The molecule has 2 saturated heterocycles. The Hall–Kier alpha value is -1.12. The van der Waals surface area contributed by atoms with Crippen molar-refractivity contribution in [2.45, 2.75) is 125 Å². The Labute approximate surface area is 246 Å². The van der Waals surface area contributed by atoms with Gasteiger partial charge in [-0.25, -0.2) is 0 Å². The Morgan fingerprint density at radius 1 is 1.10 bits per heavy atom. The maximum atomic E-state index is 12.3. The van der Waals surface area contributed by atoms with Crippen LogP contribution in [0.1, 0.15) is 57.8 Å². The Morgan fingerprint density at radius 2 is 1.81 bits per heavy atom. The Bertz CT molecular complexity index is 759. The molecule has 0 aromatic heterocycles. The molecule has 248 valence electrons. The molecule has 13 N–H and O–H groups in total. The van der Waals surface area contributed by atoms with Crippen LogP contribution in [0.2, 0.25) is 0 Å². The molecular formula is C26H52FN5O10. The molecule has 4 aliphatic rings. The summed E-state index contributed by atoms with van der Waals surface area (Å²) in [5, 5.41) is 51.8. The summed E-state index contributed by atoms with van der Waals surface area (Å²) in [6, 6.07) is -0.896. The molecular weight excluding hydrogens is 561 g/mol. The van der Waals surface area contributed by atoms with Gasteiger partial charge < -0.3 is 67.6 Å². The highest BCUT2D eigenvalue weighted by Gasteiger charge is 2.48. The second kappa shape index (κ2) is 18.6. The van der Waals surface area contributed by atoms with E-state index in [1.165, 1.54) is 0 Å². The number of ether oxygens (including phenoxy) is 3. The molecule has 0 radical (unpaired) electrons. The number of carbonyl (C=O) groups excluding carboxylic acids is 1. The maximum absolute atomic E-state index is 12.3. The molecule has 2 heterocycles. The number of halogens is 1. The molecule has 4 rings (SSSR count). The standard InChI is InChI=1S/C20H39N5O5.C5H9FO4.CH4O/c21-5-2-6-24-11-14-3-1-4-17(29-14)30-18-15(23)7-13(8-16(18)26)25-19(27)20(28)9-12(22)10-20;6-10-5-4(8)1-3(7)2-9-5;1-2/h12-18,24,26,28H,1-11,21-23H2,(H,25,27);3-5,7-8H,1-2H2;2H,1H3/t12?,13?,14?,15?,16?,17-,18-,20?;;/m1../s1. The molecule has 0 aromatic carbocycles. The van der Waals surface area contributed by atoms with Crippen molar-refractivity contribution in [2.75, 3.05) is 33.4 Å². The smallest absolute Gasteiger partial charge is 0.252 e. The van der Waals surface area contributed by atoms with Gasteiger partial charge in [0, 0.05) is 51.0 Å². The fourth-order valence-corrected chi connectivity index (χ4v) is 5.53. The first-order valence-corrected chi connectivity index (χ1v) is 14.7. The number of nitrogens with two attached hydrogens (primary N) is 3. The zero-order chi connectivity index (χ0) is 31.3. The third-order valence-corrected chi connectivity index (χ3v) is 7.76. The minimum absolute atomic E-state index is 0.00560. The fraction of sp³-hybridized carbons (Fsp3) is 0.962. The van der Waals surface area contributed by atoms with Crippen LogP contribution in [0.4, 0.5) is 4.53 Å². The molecule has 42 heavy (non-hydrogen) atoms. The summed E-state index contributed by atoms with van der Waals surface area (Å²) in [7, 11) is 1.00. The van der Waals surface area contributed by atoms with Crippen molar-refractivity contribution >= 4 is 5.91 Å². The summed E-state index contributed by atoms with van der Waals surface area (Å²) in [6.07, 6.45) is 0.329. The Balaban J connectivity index is 0.000000431. The summed E-state index contributed by atoms with van der Waals surface area (Å²) in [5.74, 6) is -0.437. The van der Waals surface area contributed by atoms with E-state index < -0.39 is 54.5 Å². The summed E-state index contributed by atoms with van der Waals surface area (Å²) < 4.78 is 28.0. The van der Waals surface area contributed by atoms with Gasteiger partial charge in [0.15, 0.2) is 6.29 Å². The van der Waals surface area contributed by atoms with Crippen LogP contribution in [0, 0.1) is 0 Å². The average molecular weight is 614 g/mol. The van der Waals surface area contributed by atoms with E-state index in [0.29, 0.717) is 19.4 Å². The van der Waals surface area contributed by atoms with E-state index >= 15 is 0 Å². The molecule has 9 atom stereocenters. The van der Waals surface area contributed by atoms with Crippen LogP contribution in [0.5, 0.6) is 0 Å². The van der Waals surface area contributed by atoms with Gasteiger partial charge in [0.05, 0.1) is 24.9 Å². The van der Waals surface area contributed by atoms with Gasteiger partial charge in [0.1, 0.15) is 17.8 Å². The van der Waals surface area contributed by atoms with Gasteiger partial charge >= 0.3 is 0 Å². The van der Waals surface area contributed by atoms with E-state index in [4.69, 9.17) is 42.0 Å². The largest absolute Gasteiger partial charge is 0.400 e. The number of amides is 1. The molecule has 0 aromatic rings. The Kier molecular flexibility index (Phi) is 16.4. The molecule has 7 unspecified atom stereocenters. The maximum Gasteiger partial charge on any atom is 0.252 e. The van der Waals surface area contributed by atoms with Crippen molar-refractivity contribution < 1.29 is 54.0 Å². The highest BCUT2D eigenvalue weighted by molar-refractivity contribution is 5.86. The van der Waals surface area contributed by atoms with Crippen LogP contribution >= 0.6 is 0 Å². The van der Waals surface area contributed by atoms with E-state index in [0.717, 1.165) is 45.9 Å². The monoisotopic (exact) mass is 613 g/mol. The number of hydrogen-bond acceptors (Lipinski definition) is 14. The lowest BCUT2D eigenvalue weighted by Crippen LogP contribution is -2.63. The minimum Gasteiger partial charge on any atom is -0.400 e. The molecule has 2 aliphatic carbocycles. The first-order valence-electron chi connectivity index (χ1n) is 14.7. The van der Waals surface area contributed by atoms with Crippen molar-refractivity contribution in [3.05, 3.63) is 0 Å². The summed E-state index contributed by atoms with van der Waals surface area (Å²) >= 11 is 0. The molecule has 0 bridgehead atoms. The van der Waals surface area contributed by atoms with Crippen LogP contribution in [-0.2, 0) is 23.9 Å². The number of nitrogens with one attached hydrogen (secondary N) is 2. The first kappa shape index (κ1) is 37.1. The molecule has 16 heteroatoms. The Morgan fingerprint density at radius 3 is 2.40 bits per heavy atom. The quantitative estimate of drug-likeness (QED) is 0.110. The van der Waals surface area contributed by atoms with Gasteiger partial charge in [-0.2, -0.15) is 4.94 Å². The summed E-state index contributed by atoms with van der Waals surface area (Å²) in [5.41, 5.74) is 16.1. The van der Waals surface area contributed by atoms with Crippen molar-refractivity contribution in [1.29, 1.82) is 0 Å². The van der Waals surface area contributed by atoms with Crippen LogP contribution in [0.3, 0.4) is 0 Å². The number of rotatable bonds is 10. The molecule has 0 spiro atoms. The number of carbonyl (C=O) groups is 1. The van der Waals surface area contributed by atoms with Crippen molar-refractivity contribution in [3.8, 4) is 0 Å². The van der Waals surface area contributed by atoms with E-state index in [1.54, 1.807) is 0 Å². The second-order valence-electron chi connectivity index (χ2n) is 11.4. The van der Waals surface area contributed by atoms with Crippen LogP contribution in [0.15, 0.2) is 0 Å². The predicted molar refractivity (Wildman–Crippen MR) is 148 cm³/mol. The molecule has 15 nitrogen and oxygen atoms in total. The lowest BCUT2D eigenvalue weighted by Gasteiger charge is -2.43. The lowest BCUT2D eigenvalue weighted by molar-refractivity contribution is -0.324. The normalized spacial score (nSPS) is 40.0. The van der Waals surface area contributed by atoms with Crippen LogP contribution < -0.4 is 27.8 Å². The second-order valence-corrected chi connectivity index (χ2v) is 11.4. The summed E-state index contributed by atoms with van der Waals surface area (Å²) in [6.45, 7) is 2.28. The van der Waals surface area contributed by atoms with Gasteiger partial charge in [-0.1, -0.05) is 0 Å². The van der Waals surface area contributed by atoms with Crippen molar-refractivity contribution in [1.82, 2.24) is 10.6 Å². The van der Waals surface area contributed by atoms with Crippen LogP contribution in [0.25, 0.3) is 0 Å². The third kappa shape index (κ3) is 11.4. The number of aliphatic hydroxyl groups is 5. The molecule has 2 aliphatic heterocycles. The van der Waals surface area contributed by atoms with E-state index in [1.807, 2.05) is 0 Å². The van der Waals surface area contributed by atoms with Crippen LogP contribution in [-0.4, -0.2) is 132 Å². The van der Waals surface area contributed by atoms with Gasteiger partial charge in [-0.15, -0.1) is 0 Å². The van der Waals surface area contributed by atoms with Gasteiger partial charge in [-0.05, 0) is 56.1 Å². The topological polar surface area (TPSA) is 257 Å². The predicted octanol–water partition coefficient (Wildman–Crippen LogP) is -3.01. The van der Waals surface area contributed by atoms with E-state index in [9.17, 15) is 19.5 Å². The SMILES string of the molecule is CO.NCCCNCC1CCC[C@@H](O[C@@H]2C(N)CC(NC(=O)C3(O)CC(N)C3)CC2O)O1.OC1COC(OF)C(O)C1. The zero-order valence-electron chi connectivity index (χ0n) is 24.4. The minimum atomic E-state index is -1.40. The third-order valence-electron chi connectivity index (χ3n) is 7.76. The first-order chi connectivity index (χ1) is 20.0. The van der Waals surface area contributed by atoms with Crippen molar-refractivity contribution in [3.63, 3.8) is 0 Å². The number of aliphatic hydroxyl groups excluding tert-OH is 4. The lowest BCUT2D eigenvalue weighted by atomic mass is 9.75. The van der Waals surface area contributed by atoms with E-state index in [-0.39, 0.29) is 44.1 Å². The molecule has 4 fully saturated rings. The number of hydrogen-bond donors (Lipinski definition) is 10. The zero-order valence-corrected chi connectivity index (χ0v) is 24.4. The van der Waals surface area contributed by atoms with E-state index in [2.05, 4.69) is 20.3 Å². The highest BCUT2D eigenvalue weighted by Crippen LogP contribution is 2.32. The van der Waals surface area contributed by atoms with Gasteiger partial charge in [0.2, 0.25) is 6.29 Å². The molecule has 1 amide bonds. The van der Waals surface area contributed by atoms with Gasteiger partial charge in [-0.3, -0.25) is 4.79 Å².